The Morgan fingerprint density at radius 2 is 1.95 bits per heavy atom. The Morgan fingerprint density at radius 3 is 2.48 bits per heavy atom. The highest BCUT2D eigenvalue weighted by Gasteiger charge is 2.25. The van der Waals surface area contributed by atoms with E-state index in [0.29, 0.717) is 17.5 Å². The molecule has 0 aliphatic heterocycles. The summed E-state index contributed by atoms with van der Waals surface area (Å²) < 4.78 is 28.2. The molecule has 122 valence electrons. The van der Waals surface area contributed by atoms with Crippen LogP contribution in [0.25, 0.3) is 0 Å². The van der Waals surface area contributed by atoms with E-state index in [0.717, 1.165) is 29.7 Å². The molecule has 4 nitrogen and oxygen atoms in total. The van der Waals surface area contributed by atoms with Crippen LogP contribution in [0.15, 0.2) is 10.3 Å². The summed E-state index contributed by atoms with van der Waals surface area (Å²) in [4.78, 5) is 1.36. The van der Waals surface area contributed by atoms with Crippen molar-refractivity contribution in [3.05, 3.63) is 15.8 Å². The second kappa shape index (κ2) is 8.27. The zero-order chi connectivity index (χ0) is 16.0. The number of rotatable bonds is 9. The highest BCUT2D eigenvalue weighted by Crippen LogP contribution is 2.27. The molecule has 1 unspecified atom stereocenters. The summed E-state index contributed by atoms with van der Waals surface area (Å²) in [6.07, 6.45) is 2.67. The third-order valence-electron chi connectivity index (χ3n) is 3.38. The lowest BCUT2D eigenvalue weighted by molar-refractivity contribution is 0.511. The molecule has 1 atom stereocenters. The fraction of sp³-hybridized carbons (Fsp3) is 0.733. The van der Waals surface area contributed by atoms with E-state index < -0.39 is 10.0 Å². The third-order valence-corrected chi connectivity index (χ3v) is 6.36. The number of thiophene rings is 1. The maximum absolute atomic E-state index is 12.7. The van der Waals surface area contributed by atoms with E-state index in [1.165, 1.54) is 11.3 Å². The van der Waals surface area contributed by atoms with Crippen LogP contribution in [0.1, 0.15) is 57.4 Å². The van der Waals surface area contributed by atoms with Crippen LogP contribution in [0.5, 0.6) is 0 Å². The quantitative estimate of drug-likeness (QED) is 0.728. The molecule has 2 N–H and O–H groups in total. The molecule has 1 rings (SSSR count). The van der Waals surface area contributed by atoms with Crippen LogP contribution < -0.4 is 10.0 Å². The molecular formula is C15H28N2O2S2. The van der Waals surface area contributed by atoms with Crippen LogP contribution >= 0.6 is 11.3 Å². The van der Waals surface area contributed by atoms with E-state index in [2.05, 4.69) is 30.8 Å². The van der Waals surface area contributed by atoms with Crippen molar-refractivity contribution in [2.75, 3.05) is 0 Å². The van der Waals surface area contributed by atoms with Crippen molar-refractivity contribution in [2.24, 2.45) is 0 Å². The standard InChI is InChI=1S/C15H28N2O2S2/c1-6-8-13(7-2)17-21(18,19)15-12(5)10-20-14(15)9-16-11(3)4/h10-11,13,16-17H,6-9H2,1-5H3. The molecule has 0 saturated carbocycles. The number of aryl methyl sites for hydroxylation is 1. The molecule has 0 fully saturated rings. The highest BCUT2D eigenvalue weighted by atomic mass is 32.2. The highest BCUT2D eigenvalue weighted by molar-refractivity contribution is 7.89. The van der Waals surface area contributed by atoms with E-state index in [-0.39, 0.29) is 6.04 Å². The Balaban J connectivity index is 2.99. The van der Waals surface area contributed by atoms with Crippen molar-refractivity contribution in [1.29, 1.82) is 0 Å². The Bertz CT molecular complexity index is 536. The molecule has 0 bridgehead atoms. The maximum atomic E-state index is 12.7. The molecule has 0 aromatic carbocycles. The van der Waals surface area contributed by atoms with Gasteiger partial charge in [-0.3, -0.25) is 0 Å². The molecule has 0 amide bonds. The van der Waals surface area contributed by atoms with Crippen LogP contribution in [-0.4, -0.2) is 20.5 Å². The molecule has 0 spiro atoms. The molecule has 0 saturated heterocycles. The molecule has 0 aliphatic rings. The van der Waals surface area contributed by atoms with Gasteiger partial charge in [-0.2, -0.15) is 0 Å². The first-order valence-electron chi connectivity index (χ1n) is 7.64. The fourth-order valence-electron chi connectivity index (χ4n) is 2.24. The lowest BCUT2D eigenvalue weighted by Gasteiger charge is -2.17. The molecule has 1 aromatic rings. The molecule has 21 heavy (non-hydrogen) atoms. The van der Waals surface area contributed by atoms with Gasteiger partial charge in [0.25, 0.3) is 0 Å². The maximum Gasteiger partial charge on any atom is 0.242 e. The first kappa shape index (κ1) is 18.6. The Morgan fingerprint density at radius 1 is 1.29 bits per heavy atom. The van der Waals surface area contributed by atoms with Crippen LogP contribution in [0.2, 0.25) is 0 Å². The van der Waals surface area contributed by atoms with E-state index in [4.69, 9.17) is 0 Å². The van der Waals surface area contributed by atoms with E-state index >= 15 is 0 Å². The Hall–Kier alpha value is -0.430. The summed E-state index contributed by atoms with van der Waals surface area (Å²) in [7, 11) is -3.44. The lowest BCUT2D eigenvalue weighted by atomic mass is 10.1. The van der Waals surface area contributed by atoms with Crippen LogP contribution in [-0.2, 0) is 16.6 Å². The van der Waals surface area contributed by atoms with Crippen LogP contribution in [0, 0.1) is 6.92 Å². The topological polar surface area (TPSA) is 58.2 Å². The van der Waals surface area contributed by atoms with Gasteiger partial charge >= 0.3 is 0 Å². The van der Waals surface area contributed by atoms with Crippen molar-refractivity contribution in [3.8, 4) is 0 Å². The SMILES string of the molecule is CCCC(CC)NS(=O)(=O)c1c(C)csc1CNC(C)C. The molecule has 0 radical (unpaired) electrons. The third kappa shape index (κ3) is 5.36. The molecule has 1 aromatic heterocycles. The summed E-state index contributed by atoms with van der Waals surface area (Å²) >= 11 is 1.51. The average molecular weight is 333 g/mol. The van der Waals surface area contributed by atoms with Crippen LogP contribution in [0.3, 0.4) is 0 Å². The largest absolute Gasteiger partial charge is 0.310 e. The Kier molecular flexibility index (Phi) is 7.33. The minimum absolute atomic E-state index is 0.0187. The van der Waals surface area contributed by atoms with E-state index in [9.17, 15) is 8.42 Å². The van der Waals surface area contributed by atoms with Gasteiger partial charge in [0, 0.05) is 23.5 Å². The minimum atomic E-state index is -3.44. The Labute approximate surface area is 133 Å². The van der Waals surface area contributed by atoms with Gasteiger partial charge in [-0.1, -0.05) is 34.1 Å². The minimum Gasteiger partial charge on any atom is -0.310 e. The zero-order valence-electron chi connectivity index (χ0n) is 13.7. The van der Waals surface area contributed by atoms with Crippen molar-refractivity contribution in [1.82, 2.24) is 10.0 Å². The van der Waals surface area contributed by atoms with Crippen molar-refractivity contribution < 1.29 is 8.42 Å². The lowest BCUT2D eigenvalue weighted by Crippen LogP contribution is -2.35. The van der Waals surface area contributed by atoms with Gasteiger partial charge in [0.15, 0.2) is 0 Å². The monoisotopic (exact) mass is 332 g/mol. The van der Waals surface area contributed by atoms with Gasteiger partial charge < -0.3 is 5.32 Å². The van der Waals surface area contributed by atoms with Gasteiger partial charge in [-0.15, -0.1) is 11.3 Å². The van der Waals surface area contributed by atoms with Crippen molar-refractivity contribution in [3.63, 3.8) is 0 Å². The van der Waals surface area contributed by atoms with Gasteiger partial charge in [-0.25, -0.2) is 13.1 Å². The number of nitrogens with one attached hydrogen (secondary N) is 2. The van der Waals surface area contributed by atoms with Crippen molar-refractivity contribution in [2.45, 2.75) is 77.4 Å². The predicted octanol–water partition coefficient (Wildman–Crippen LogP) is 3.41. The van der Waals surface area contributed by atoms with E-state index in [1.54, 1.807) is 0 Å². The first-order chi connectivity index (χ1) is 9.81. The summed E-state index contributed by atoms with van der Waals surface area (Å²) in [5.74, 6) is 0. The second-order valence-corrected chi connectivity index (χ2v) is 8.34. The number of hydrogen-bond donors (Lipinski definition) is 2. The molecular weight excluding hydrogens is 304 g/mol. The summed E-state index contributed by atoms with van der Waals surface area (Å²) in [6.45, 7) is 10.7. The molecule has 0 aliphatic carbocycles. The molecule has 6 heteroatoms. The van der Waals surface area contributed by atoms with Gasteiger partial charge in [0.1, 0.15) is 4.90 Å². The fourth-order valence-corrected chi connectivity index (χ4v) is 5.36. The predicted molar refractivity (Wildman–Crippen MR) is 90.3 cm³/mol. The first-order valence-corrected chi connectivity index (χ1v) is 10.0. The van der Waals surface area contributed by atoms with Gasteiger partial charge in [0.05, 0.1) is 0 Å². The summed E-state index contributed by atoms with van der Waals surface area (Å²) in [5.41, 5.74) is 0.833. The number of sulfonamides is 1. The average Bonchev–Trinajstić information content (AvgIpc) is 2.77. The van der Waals surface area contributed by atoms with Crippen LogP contribution in [0.4, 0.5) is 0 Å². The van der Waals surface area contributed by atoms with Crippen molar-refractivity contribution >= 4 is 21.4 Å². The summed E-state index contributed by atoms with van der Waals surface area (Å²) in [6, 6.07) is 0.351. The summed E-state index contributed by atoms with van der Waals surface area (Å²) in [5, 5.41) is 5.22. The normalized spacial score (nSPS) is 13.8. The molecule has 1 heterocycles. The van der Waals surface area contributed by atoms with E-state index in [1.807, 2.05) is 19.2 Å². The second-order valence-electron chi connectivity index (χ2n) is 5.72. The van der Waals surface area contributed by atoms with Gasteiger partial charge in [0.2, 0.25) is 10.0 Å². The van der Waals surface area contributed by atoms with Gasteiger partial charge in [-0.05, 0) is 30.7 Å². The smallest absolute Gasteiger partial charge is 0.242 e. The zero-order valence-corrected chi connectivity index (χ0v) is 15.3. The number of hydrogen-bond acceptors (Lipinski definition) is 4.